The molecule has 1 heterocycles. The molecule has 1 aliphatic rings. The van der Waals surface area contributed by atoms with Crippen molar-refractivity contribution < 1.29 is 29.0 Å². The topological polar surface area (TPSA) is 116 Å². The van der Waals surface area contributed by atoms with Crippen LogP contribution < -0.4 is 5.32 Å². The Bertz CT molecular complexity index is 657. The molecular formula is C20H35N3O6. The number of hydrogen-bond acceptors (Lipinski definition) is 5. The van der Waals surface area contributed by atoms with Gasteiger partial charge in [-0.2, -0.15) is 0 Å². The molecule has 1 unspecified atom stereocenters. The van der Waals surface area contributed by atoms with Crippen LogP contribution in [0.1, 0.15) is 61.3 Å². The average molecular weight is 414 g/mol. The lowest BCUT2D eigenvalue weighted by Gasteiger charge is -2.36. The van der Waals surface area contributed by atoms with Crippen molar-refractivity contribution in [2.24, 2.45) is 5.92 Å². The molecule has 166 valence electrons. The summed E-state index contributed by atoms with van der Waals surface area (Å²) in [5.41, 5.74) is -1.98. The zero-order valence-electron chi connectivity index (χ0n) is 18.7. The highest BCUT2D eigenvalue weighted by Crippen LogP contribution is 2.30. The van der Waals surface area contributed by atoms with Gasteiger partial charge in [0.25, 0.3) is 0 Å². The third-order valence-electron chi connectivity index (χ3n) is 5.24. The molecule has 29 heavy (non-hydrogen) atoms. The first-order chi connectivity index (χ1) is 13.1. The van der Waals surface area contributed by atoms with E-state index in [0.29, 0.717) is 19.4 Å². The molecule has 9 heteroatoms. The number of nitrogens with one attached hydrogen (secondary N) is 1. The summed E-state index contributed by atoms with van der Waals surface area (Å²) in [6.07, 6.45) is 0.306. The molecule has 9 nitrogen and oxygen atoms in total. The summed E-state index contributed by atoms with van der Waals surface area (Å²) in [6.45, 7) is 12.1. The van der Waals surface area contributed by atoms with Crippen LogP contribution in [-0.4, -0.2) is 75.6 Å². The molecule has 0 radical (unpaired) electrons. The molecule has 0 aromatic rings. The van der Waals surface area contributed by atoms with Gasteiger partial charge in [0.1, 0.15) is 23.2 Å². The minimum atomic E-state index is -1.28. The van der Waals surface area contributed by atoms with E-state index < -0.39 is 47.1 Å². The number of likely N-dealkylation sites (tertiary alicyclic amines) is 1. The fraction of sp³-hybridized carbons (Fsp3) is 0.800. The van der Waals surface area contributed by atoms with Gasteiger partial charge in [-0.15, -0.1) is 0 Å². The molecule has 1 fully saturated rings. The minimum Gasteiger partial charge on any atom is -0.480 e. The van der Waals surface area contributed by atoms with Gasteiger partial charge in [0.15, 0.2) is 0 Å². The molecular weight excluding hydrogens is 378 g/mol. The van der Waals surface area contributed by atoms with Crippen molar-refractivity contribution in [3.8, 4) is 0 Å². The maximum Gasteiger partial charge on any atom is 0.410 e. The van der Waals surface area contributed by atoms with Crippen LogP contribution in [0.2, 0.25) is 0 Å². The Morgan fingerprint density at radius 1 is 1.17 bits per heavy atom. The van der Waals surface area contributed by atoms with E-state index in [1.807, 2.05) is 0 Å². The molecule has 3 atom stereocenters. The van der Waals surface area contributed by atoms with E-state index in [2.05, 4.69) is 5.32 Å². The minimum absolute atomic E-state index is 0.260. The number of carbonyl (C=O) groups excluding carboxylic acids is 3. The highest BCUT2D eigenvalue weighted by atomic mass is 16.6. The Balaban J connectivity index is 2.93. The monoisotopic (exact) mass is 413 g/mol. The largest absolute Gasteiger partial charge is 0.480 e. The van der Waals surface area contributed by atoms with Gasteiger partial charge in [-0.3, -0.25) is 14.5 Å². The summed E-state index contributed by atoms with van der Waals surface area (Å²) < 4.78 is 5.27. The maximum absolute atomic E-state index is 13.1. The molecule has 1 aliphatic heterocycles. The van der Waals surface area contributed by atoms with Crippen LogP contribution in [0.5, 0.6) is 0 Å². The molecule has 0 aromatic heterocycles. The van der Waals surface area contributed by atoms with E-state index in [1.54, 1.807) is 41.5 Å². The highest BCUT2D eigenvalue weighted by molar-refractivity contribution is 5.94. The third kappa shape index (κ3) is 5.83. The summed E-state index contributed by atoms with van der Waals surface area (Å²) in [7, 11) is 1.45. The van der Waals surface area contributed by atoms with Gasteiger partial charge >= 0.3 is 12.1 Å². The predicted octanol–water partition coefficient (Wildman–Crippen LogP) is 1.85. The van der Waals surface area contributed by atoms with Crippen LogP contribution in [0, 0.1) is 5.92 Å². The molecule has 0 saturated carbocycles. The van der Waals surface area contributed by atoms with Gasteiger partial charge in [0, 0.05) is 13.6 Å². The molecule has 1 rings (SSSR count). The molecule has 2 N–H and O–H groups in total. The van der Waals surface area contributed by atoms with E-state index in [9.17, 15) is 24.3 Å². The average Bonchev–Trinajstić information content (AvgIpc) is 2.98. The quantitative estimate of drug-likeness (QED) is 0.686. The van der Waals surface area contributed by atoms with Crippen molar-refractivity contribution in [2.45, 2.75) is 84.5 Å². The van der Waals surface area contributed by atoms with Crippen molar-refractivity contribution in [1.29, 1.82) is 0 Å². The van der Waals surface area contributed by atoms with E-state index in [0.717, 1.165) is 0 Å². The van der Waals surface area contributed by atoms with Gasteiger partial charge in [0.2, 0.25) is 11.8 Å². The number of aliphatic carboxylic acids is 1. The van der Waals surface area contributed by atoms with Crippen LogP contribution in [-0.2, 0) is 19.1 Å². The first kappa shape index (κ1) is 24.7. The SMILES string of the molecule is CC(C)[C@H](NC(=O)[C@H](C)N(C)C(=O)OC(C)(C)C)C(=O)N1CCCC1(C)C(=O)O. The fourth-order valence-electron chi connectivity index (χ4n) is 3.16. The van der Waals surface area contributed by atoms with Gasteiger partial charge in [-0.25, -0.2) is 9.59 Å². The fourth-order valence-corrected chi connectivity index (χ4v) is 3.16. The summed E-state index contributed by atoms with van der Waals surface area (Å²) in [4.78, 5) is 52.2. The summed E-state index contributed by atoms with van der Waals surface area (Å²) >= 11 is 0. The Morgan fingerprint density at radius 2 is 1.72 bits per heavy atom. The van der Waals surface area contributed by atoms with Crippen molar-refractivity contribution in [3.63, 3.8) is 0 Å². The first-order valence-electron chi connectivity index (χ1n) is 9.93. The lowest BCUT2D eigenvalue weighted by atomic mass is 9.96. The number of hydrogen-bond donors (Lipinski definition) is 2. The van der Waals surface area contributed by atoms with Crippen LogP contribution in [0.4, 0.5) is 4.79 Å². The predicted molar refractivity (Wildman–Crippen MR) is 107 cm³/mol. The Kier molecular flexibility index (Phi) is 7.67. The van der Waals surface area contributed by atoms with Gasteiger partial charge in [-0.1, -0.05) is 13.8 Å². The van der Waals surface area contributed by atoms with Gasteiger partial charge in [0.05, 0.1) is 0 Å². The number of ether oxygens (including phenoxy) is 1. The Morgan fingerprint density at radius 3 is 2.17 bits per heavy atom. The Hall–Kier alpha value is -2.32. The number of carbonyl (C=O) groups is 4. The van der Waals surface area contributed by atoms with Crippen molar-refractivity contribution in [2.75, 3.05) is 13.6 Å². The van der Waals surface area contributed by atoms with Crippen LogP contribution in [0.25, 0.3) is 0 Å². The van der Waals surface area contributed by atoms with Crippen molar-refractivity contribution in [1.82, 2.24) is 15.1 Å². The molecule has 1 saturated heterocycles. The number of amides is 3. The number of rotatable bonds is 6. The second-order valence-corrected chi connectivity index (χ2v) is 9.17. The van der Waals surface area contributed by atoms with Crippen LogP contribution in [0.3, 0.4) is 0 Å². The lowest BCUT2D eigenvalue weighted by Crippen LogP contribution is -2.60. The zero-order valence-corrected chi connectivity index (χ0v) is 18.7. The maximum atomic E-state index is 13.1. The second-order valence-electron chi connectivity index (χ2n) is 9.17. The summed E-state index contributed by atoms with van der Waals surface area (Å²) in [5, 5.41) is 12.3. The normalized spacial score (nSPS) is 21.5. The van der Waals surface area contributed by atoms with E-state index in [-0.39, 0.29) is 5.92 Å². The number of carboxylic acids is 1. The van der Waals surface area contributed by atoms with Crippen molar-refractivity contribution in [3.05, 3.63) is 0 Å². The van der Waals surface area contributed by atoms with E-state index >= 15 is 0 Å². The first-order valence-corrected chi connectivity index (χ1v) is 9.93. The van der Waals surface area contributed by atoms with E-state index in [4.69, 9.17) is 4.74 Å². The van der Waals surface area contributed by atoms with Gasteiger partial charge < -0.3 is 20.1 Å². The standard InChI is InChI=1S/C20H35N3O6/c1-12(2)14(16(25)23-11-9-10-20(23,7)17(26)27)21-15(24)13(3)22(8)18(28)29-19(4,5)6/h12-14H,9-11H2,1-8H3,(H,21,24)(H,26,27)/t13-,14-,20?/m0/s1. The zero-order chi connectivity index (χ0) is 22.7. The number of carboxylic acid groups (broad SMARTS) is 1. The molecule has 3 amide bonds. The highest BCUT2D eigenvalue weighted by Gasteiger charge is 2.48. The van der Waals surface area contributed by atoms with E-state index in [1.165, 1.54) is 23.8 Å². The molecule has 0 bridgehead atoms. The number of likely N-dealkylation sites (N-methyl/N-ethyl adjacent to an activating group) is 1. The van der Waals surface area contributed by atoms with Crippen molar-refractivity contribution >= 4 is 23.9 Å². The van der Waals surface area contributed by atoms with Gasteiger partial charge in [-0.05, 0) is 53.4 Å². The second kappa shape index (κ2) is 9.00. The van der Waals surface area contributed by atoms with Crippen LogP contribution >= 0.6 is 0 Å². The smallest absolute Gasteiger partial charge is 0.410 e. The summed E-state index contributed by atoms with van der Waals surface area (Å²) in [6, 6.07) is -1.77. The third-order valence-corrected chi connectivity index (χ3v) is 5.24. The molecule has 0 aliphatic carbocycles. The number of nitrogens with zero attached hydrogens (tertiary/aromatic N) is 2. The molecule has 0 spiro atoms. The Labute approximate surface area is 172 Å². The molecule has 0 aromatic carbocycles. The van der Waals surface area contributed by atoms with Crippen LogP contribution in [0.15, 0.2) is 0 Å². The summed E-state index contributed by atoms with van der Waals surface area (Å²) in [5.74, 6) is -2.26. The lowest BCUT2D eigenvalue weighted by molar-refractivity contribution is -0.157.